The van der Waals surface area contributed by atoms with E-state index < -0.39 is 0 Å². The molecule has 0 atom stereocenters. The molecule has 28 heavy (non-hydrogen) atoms. The number of nitrogens with one attached hydrogen (secondary N) is 1. The summed E-state index contributed by atoms with van der Waals surface area (Å²) in [5, 5.41) is 13.6. The van der Waals surface area contributed by atoms with E-state index >= 15 is 0 Å². The van der Waals surface area contributed by atoms with Crippen LogP contribution in [0.5, 0.6) is 0 Å². The van der Waals surface area contributed by atoms with Crippen LogP contribution in [-0.4, -0.2) is 26.4 Å². The van der Waals surface area contributed by atoms with E-state index in [0.717, 1.165) is 11.0 Å². The van der Waals surface area contributed by atoms with Gasteiger partial charge >= 0.3 is 0 Å². The Hall–Kier alpha value is -2.48. The summed E-state index contributed by atoms with van der Waals surface area (Å²) in [6.07, 6.45) is 0. The highest BCUT2D eigenvalue weighted by atomic mass is 35.5. The number of para-hydroxylation sites is 1. The Morgan fingerprint density at radius 3 is 2.82 bits per heavy atom. The van der Waals surface area contributed by atoms with Gasteiger partial charge in [0.1, 0.15) is 5.58 Å². The molecule has 0 spiro atoms. The van der Waals surface area contributed by atoms with Crippen molar-refractivity contribution in [2.24, 2.45) is 7.05 Å². The molecule has 142 valence electrons. The SMILES string of the molecule is Cn1c(SCC(=O)Nc2cc(Cl)ccc2Cl)nnc1-c1cc2ccccc2o1. The zero-order valence-corrected chi connectivity index (χ0v) is 17.0. The summed E-state index contributed by atoms with van der Waals surface area (Å²) in [6.45, 7) is 0. The van der Waals surface area contributed by atoms with Crippen molar-refractivity contribution >= 4 is 57.5 Å². The molecule has 0 saturated heterocycles. The third-order valence-electron chi connectivity index (χ3n) is 4.02. The number of fused-ring (bicyclic) bond motifs is 1. The van der Waals surface area contributed by atoms with Crippen molar-refractivity contribution in [1.29, 1.82) is 0 Å². The molecule has 0 aliphatic carbocycles. The lowest BCUT2D eigenvalue weighted by Gasteiger charge is -2.07. The van der Waals surface area contributed by atoms with Crippen LogP contribution in [0.15, 0.2) is 58.1 Å². The predicted octanol–water partition coefficient (Wildman–Crippen LogP) is 5.27. The average Bonchev–Trinajstić information content (AvgIpc) is 3.26. The summed E-state index contributed by atoms with van der Waals surface area (Å²) in [5.41, 5.74) is 1.26. The van der Waals surface area contributed by atoms with Gasteiger partial charge in [0.05, 0.1) is 16.5 Å². The molecule has 1 amide bonds. The zero-order chi connectivity index (χ0) is 19.7. The van der Waals surface area contributed by atoms with Crippen LogP contribution in [0.25, 0.3) is 22.6 Å². The third kappa shape index (κ3) is 3.87. The molecule has 0 bridgehead atoms. The van der Waals surface area contributed by atoms with Crippen molar-refractivity contribution in [3.8, 4) is 11.6 Å². The van der Waals surface area contributed by atoms with E-state index in [4.69, 9.17) is 27.6 Å². The van der Waals surface area contributed by atoms with E-state index in [2.05, 4.69) is 15.5 Å². The lowest BCUT2D eigenvalue weighted by molar-refractivity contribution is -0.113. The highest BCUT2D eigenvalue weighted by Gasteiger charge is 2.16. The lowest BCUT2D eigenvalue weighted by Crippen LogP contribution is -2.14. The highest BCUT2D eigenvalue weighted by molar-refractivity contribution is 7.99. The van der Waals surface area contributed by atoms with Crippen molar-refractivity contribution in [3.63, 3.8) is 0 Å². The second-order valence-electron chi connectivity index (χ2n) is 5.97. The minimum absolute atomic E-state index is 0.148. The van der Waals surface area contributed by atoms with Gasteiger partial charge in [-0.05, 0) is 30.3 Å². The van der Waals surface area contributed by atoms with E-state index in [1.54, 1.807) is 22.8 Å². The summed E-state index contributed by atoms with van der Waals surface area (Å²) < 4.78 is 7.63. The van der Waals surface area contributed by atoms with Crippen molar-refractivity contribution in [3.05, 3.63) is 58.6 Å². The fourth-order valence-electron chi connectivity index (χ4n) is 2.66. The summed E-state index contributed by atoms with van der Waals surface area (Å²) in [6, 6.07) is 14.6. The van der Waals surface area contributed by atoms with Crippen LogP contribution in [0.4, 0.5) is 5.69 Å². The van der Waals surface area contributed by atoms with Crippen molar-refractivity contribution < 1.29 is 9.21 Å². The quantitative estimate of drug-likeness (QED) is 0.435. The van der Waals surface area contributed by atoms with E-state index in [1.165, 1.54) is 11.8 Å². The van der Waals surface area contributed by atoms with Crippen LogP contribution in [-0.2, 0) is 11.8 Å². The largest absolute Gasteiger partial charge is 0.453 e. The van der Waals surface area contributed by atoms with Gasteiger partial charge in [0, 0.05) is 17.5 Å². The van der Waals surface area contributed by atoms with Crippen LogP contribution >= 0.6 is 35.0 Å². The van der Waals surface area contributed by atoms with Crippen LogP contribution in [0.2, 0.25) is 10.0 Å². The number of amides is 1. The number of hydrogen-bond acceptors (Lipinski definition) is 5. The molecule has 2 aromatic heterocycles. The van der Waals surface area contributed by atoms with E-state index in [9.17, 15) is 4.79 Å². The van der Waals surface area contributed by atoms with E-state index in [1.807, 2.05) is 37.4 Å². The molecule has 4 rings (SSSR count). The Bertz CT molecular complexity index is 1140. The fraction of sp³-hybridized carbons (Fsp3) is 0.105. The van der Waals surface area contributed by atoms with Gasteiger partial charge in [-0.3, -0.25) is 4.79 Å². The third-order valence-corrected chi connectivity index (χ3v) is 5.60. The highest BCUT2D eigenvalue weighted by Crippen LogP contribution is 2.29. The number of carbonyl (C=O) groups is 1. The molecular weight excluding hydrogens is 419 g/mol. The van der Waals surface area contributed by atoms with E-state index in [0.29, 0.717) is 32.5 Å². The van der Waals surface area contributed by atoms with Crippen LogP contribution < -0.4 is 5.32 Å². The number of hydrogen-bond donors (Lipinski definition) is 1. The maximum absolute atomic E-state index is 12.2. The number of furan rings is 1. The van der Waals surface area contributed by atoms with Crippen molar-refractivity contribution in [2.45, 2.75) is 5.16 Å². The molecule has 0 saturated carbocycles. The summed E-state index contributed by atoms with van der Waals surface area (Å²) in [5.74, 6) is 1.15. The molecule has 2 heterocycles. The number of thioether (sulfide) groups is 1. The number of nitrogens with zero attached hydrogens (tertiary/aromatic N) is 3. The summed E-state index contributed by atoms with van der Waals surface area (Å²) >= 11 is 13.3. The van der Waals surface area contributed by atoms with Gasteiger partial charge in [-0.2, -0.15) is 0 Å². The standard InChI is InChI=1S/C19H14Cl2N4O2S/c1-25-18(16-8-11-4-2-3-5-15(11)27-16)23-24-19(25)28-10-17(26)22-14-9-12(20)6-7-13(14)21/h2-9H,10H2,1H3,(H,22,26). The first kappa shape index (κ1) is 18.9. The topological polar surface area (TPSA) is 73.0 Å². The first-order valence-electron chi connectivity index (χ1n) is 8.27. The molecule has 2 aromatic carbocycles. The Kier molecular flexibility index (Phi) is 5.30. The number of benzene rings is 2. The number of halogens is 2. The summed E-state index contributed by atoms with van der Waals surface area (Å²) in [4.78, 5) is 12.2. The smallest absolute Gasteiger partial charge is 0.234 e. The molecule has 0 aliphatic heterocycles. The van der Waals surface area contributed by atoms with Crippen LogP contribution in [0.1, 0.15) is 0 Å². The molecule has 4 aromatic rings. The van der Waals surface area contributed by atoms with Crippen molar-refractivity contribution in [1.82, 2.24) is 14.8 Å². The Balaban J connectivity index is 1.46. The van der Waals surface area contributed by atoms with Gasteiger partial charge in [-0.15, -0.1) is 10.2 Å². The molecule has 1 N–H and O–H groups in total. The Morgan fingerprint density at radius 2 is 2.00 bits per heavy atom. The second-order valence-corrected chi connectivity index (χ2v) is 7.76. The maximum Gasteiger partial charge on any atom is 0.234 e. The minimum Gasteiger partial charge on any atom is -0.453 e. The average molecular weight is 433 g/mol. The first-order chi connectivity index (χ1) is 13.5. The van der Waals surface area contributed by atoms with Gasteiger partial charge in [-0.25, -0.2) is 0 Å². The summed E-state index contributed by atoms with van der Waals surface area (Å²) in [7, 11) is 1.83. The molecule has 0 aliphatic rings. The van der Waals surface area contributed by atoms with Gasteiger partial charge in [0.25, 0.3) is 0 Å². The van der Waals surface area contributed by atoms with Gasteiger partial charge in [-0.1, -0.05) is 53.2 Å². The van der Waals surface area contributed by atoms with Gasteiger partial charge in [0.15, 0.2) is 16.7 Å². The lowest BCUT2D eigenvalue weighted by atomic mass is 10.2. The monoisotopic (exact) mass is 432 g/mol. The van der Waals surface area contributed by atoms with E-state index in [-0.39, 0.29) is 11.7 Å². The maximum atomic E-state index is 12.2. The molecule has 0 fully saturated rings. The zero-order valence-electron chi connectivity index (χ0n) is 14.6. The van der Waals surface area contributed by atoms with Gasteiger partial charge in [0.2, 0.25) is 5.91 Å². The molecule has 9 heteroatoms. The molecular formula is C19H14Cl2N4O2S. The second kappa shape index (κ2) is 7.87. The number of anilines is 1. The molecule has 6 nitrogen and oxygen atoms in total. The minimum atomic E-state index is -0.220. The predicted molar refractivity (Wildman–Crippen MR) is 112 cm³/mol. The van der Waals surface area contributed by atoms with Crippen molar-refractivity contribution in [2.75, 3.05) is 11.1 Å². The first-order valence-corrected chi connectivity index (χ1v) is 10.0. The Morgan fingerprint density at radius 1 is 1.18 bits per heavy atom. The molecule has 0 unspecified atom stereocenters. The molecule has 0 radical (unpaired) electrons. The van der Waals surface area contributed by atoms with Gasteiger partial charge < -0.3 is 14.3 Å². The number of rotatable bonds is 5. The normalized spacial score (nSPS) is 11.1. The van der Waals surface area contributed by atoms with Crippen LogP contribution in [0, 0.1) is 0 Å². The van der Waals surface area contributed by atoms with Crippen LogP contribution in [0.3, 0.4) is 0 Å². The fourth-order valence-corrected chi connectivity index (χ4v) is 3.70. The number of aromatic nitrogens is 3. The Labute approximate surface area is 174 Å². The number of carbonyl (C=O) groups excluding carboxylic acids is 1.